The fourth-order valence-electron chi connectivity index (χ4n) is 6.44. The quantitative estimate of drug-likeness (QED) is 0.137. The minimum absolute atomic E-state index is 0.0249. The van der Waals surface area contributed by atoms with Crippen LogP contribution < -0.4 is 10.4 Å². The van der Waals surface area contributed by atoms with E-state index in [2.05, 4.69) is 145 Å². The van der Waals surface area contributed by atoms with Crippen LogP contribution in [0.2, 0.25) is 5.04 Å². The number of allylic oxidation sites excluding steroid dienone is 1. The molecule has 1 aliphatic heterocycles. The summed E-state index contributed by atoms with van der Waals surface area (Å²) in [6.45, 7) is 15.2. The number of hydrogen-bond acceptors (Lipinski definition) is 3. The average Bonchev–Trinajstić information content (AvgIpc) is 3.00. The lowest BCUT2D eigenvalue weighted by Gasteiger charge is -2.43. The highest BCUT2D eigenvalue weighted by Gasteiger charge is 2.50. The van der Waals surface area contributed by atoms with Crippen LogP contribution in [0.4, 0.5) is 0 Å². The van der Waals surface area contributed by atoms with Gasteiger partial charge in [-0.2, -0.15) is 0 Å². The Morgan fingerprint density at radius 3 is 2.00 bits per heavy atom. The Kier molecular flexibility index (Phi) is 12.4. The van der Waals surface area contributed by atoms with Crippen LogP contribution in [-0.2, 0) is 20.5 Å². The third kappa shape index (κ3) is 9.25. The lowest BCUT2D eigenvalue weighted by atomic mass is 9.90. The molecule has 0 saturated carbocycles. The van der Waals surface area contributed by atoms with Crippen LogP contribution in [0.5, 0.6) is 0 Å². The predicted octanol–water partition coefficient (Wildman–Crippen LogP) is 8.71. The summed E-state index contributed by atoms with van der Waals surface area (Å²) in [7, 11) is -2.55. The normalized spacial score (nSPS) is 20.5. The van der Waals surface area contributed by atoms with Crippen LogP contribution in [0.3, 0.4) is 0 Å². The minimum Gasteiger partial charge on any atom is -0.407 e. The molecule has 0 aliphatic carbocycles. The molecule has 0 amide bonds. The maximum absolute atomic E-state index is 7.22. The molecule has 43 heavy (non-hydrogen) atoms. The lowest BCUT2D eigenvalue weighted by molar-refractivity contribution is -0.102. The molecular formula is C39H54O3Si. The summed E-state index contributed by atoms with van der Waals surface area (Å²) in [4.78, 5) is 0. The van der Waals surface area contributed by atoms with Gasteiger partial charge in [0.2, 0.25) is 0 Å². The van der Waals surface area contributed by atoms with Crippen molar-refractivity contribution < 1.29 is 13.9 Å². The molecule has 0 spiro atoms. The molecule has 3 aromatic rings. The zero-order valence-electron chi connectivity index (χ0n) is 27.4. The summed E-state index contributed by atoms with van der Waals surface area (Å²) >= 11 is 0. The van der Waals surface area contributed by atoms with Crippen LogP contribution >= 0.6 is 0 Å². The van der Waals surface area contributed by atoms with Crippen molar-refractivity contribution in [2.45, 2.75) is 104 Å². The van der Waals surface area contributed by atoms with Gasteiger partial charge < -0.3 is 13.9 Å². The third-order valence-corrected chi connectivity index (χ3v) is 13.9. The van der Waals surface area contributed by atoms with Crippen molar-refractivity contribution in [3.63, 3.8) is 0 Å². The standard InChI is InChI=1S/C39H54O3Si/c1-31(2)17-16-20-34(40-30-33-18-10-7-11-19-33)29-35-26-25-32(3)38(42-35)27-28-41-43(39(4,5)6,36-21-12-8-13-22-36)37-23-14-9-15-24-37/h7-16,18-24,31-32,34-35,38H,17,25-30H2,1-6H3/b20-16+/t32-,34-,35-,38+/m0/s1. The van der Waals surface area contributed by atoms with E-state index in [9.17, 15) is 0 Å². The first-order chi connectivity index (χ1) is 20.7. The topological polar surface area (TPSA) is 27.7 Å². The molecule has 4 rings (SSSR count). The van der Waals surface area contributed by atoms with Crippen molar-refractivity contribution in [3.8, 4) is 0 Å². The van der Waals surface area contributed by atoms with E-state index in [4.69, 9.17) is 13.9 Å². The first-order valence-electron chi connectivity index (χ1n) is 16.4. The first kappa shape index (κ1) is 33.4. The molecule has 0 unspecified atom stereocenters. The summed E-state index contributed by atoms with van der Waals surface area (Å²) < 4.78 is 20.5. The molecule has 3 nitrogen and oxygen atoms in total. The SMILES string of the molecule is CC(C)C/C=C/[C@@H](C[C@@H]1CC[C@H](C)[C@@H](CCO[Si](c2ccccc2)(c2ccccc2)C(C)(C)C)O1)OCc1ccccc1. The Balaban J connectivity index is 1.44. The van der Waals surface area contributed by atoms with Gasteiger partial charge in [-0.1, -0.05) is 145 Å². The van der Waals surface area contributed by atoms with Crippen molar-refractivity contribution in [1.29, 1.82) is 0 Å². The van der Waals surface area contributed by atoms with Crippen molar-refractivity contribution >= 4 is 18.7 Å². The fourth-order valence-corrected chi connectivity index (χ4v) is 11.0. The van der Waals surface area contributed by atoms with Gasteiger partial charge in [0.05, 0.1) is 24.9 Å². The Morgan fingerprint density at radius 2 is 1.44 bits per heavy atom. The summed E-state index contributed by atoms with van der Waals surface area (Å²) in [6, 6.07) is 32.3. The van der Waals surface area contributed by atoms with E-state index in [1.165, 1.54) is 22.4 Å². The lowest BCUT2D eigenvalue weighted by Crippen LogP contribution is -2.66. The smallest absolute Gasteiger partial charge is 0.261 e. The van der Waals surface area contributed by atoms with Crippen molar-refractivity contribution in [2.24, 2.45) is 11.8 Å². The van der Waals surface area contributed by atoms with E-state index in [0.29, 0.717) is 25.0 Å². The zero-order valence-corrected chi connectivity index (χ0v) is 28.4. The maximum atomic E-state index is 7.22. The number of rotatable bonds is 14. The van der Waals surface area contributed by atoms with Crippen LogP contribution in [-0.4, -0.2) is 33.2 Å². The predicted molar refractivity (Wildman–Crippen MR) is 183 cm³/mol. The van der Waals surface area contributed by atoms with Crippen LogP contribution in [0, 0.1) is 11.8 Å². The molecule has 1 aliphatic rings. The second-order valence-electron chi connectivity index (χ2n) is 13.8. The van der Waals surface area contributed by atoms with Gasteiger partial charge in [-0.15, -0.1) is 0 Å². The summed E-state index contributed by atoms with van der Waals surface area (Å²) in [5.74, 6) is 1.15. The van der Waals surface area contributed by atoms with Gasteiger partial charge >= 0.3 is 0 Å². The van der Waals surface area contributed by atoms with E-state index in [1.54, 1.807) is 0 Å². The summed E-state index contributed by atoms with van der Waals surface area (Å²) in [5.41, 5.74) is 1.21. The van der Waals surface area contributed by atoms with E-state index in [-0.39, 0.29) is 23.4 Å². The van der Waals surface area contributed by atoms with Gasteiger partial charge in [0, 0.05) is 13.0 Å². The van der Waals surface area contributed by atoms with Gasteiger partial charge in [-0.05, 0) is 58.5 Å². The van der Waals surface area contributed by atoms with Crippen molar-refractivity contribution in [3.05, 3.63) is 109 Å². The molecule has 232 valence electrons. The van der Waals surface area contributed by atoms with E-state index in [1.807, 2.05) is 0 Å². The molecular weight excluding hydrogens is 545 g/mol. The van der Waals surface area contributed by atoms with Crippen molar-refractivity contribution in [2.75, 3.05) is 6.61 Å². The Morgan fingerprint density at radius 1 is 0.860 bits per heavy atom. The molecule has 4 heteroatoms. The van der Waals surface area contributed by atoms with Gasteiger partial charge in [0.1, 0.15) is 0 Å². The number of benzene rings is 3. The molecule has 0 bridgehead atoms. The van der Waals surface area contributed by atoms with Crippen LogP contribution in [0.15, 0.2) is 103 Å². The van der Waals surface area contributed by atoms with Crippen molar-refractivity contribution in [1.82, 2.24) is 0 Å². The molecule has 1 saturated heterocycles. The second-order valence-corrected chi connectivity index (χ2v) is 18.1. The Hall–Kier alpha value is -2.50. The van der Waals surface area contributed by atoms with Gasteiger partial charge in [0.25, 0.3) is 8.32 Å². The van der Waals surface area contributed by atoms with E-state index < -0.39 is 8.32 Å². The molecule has 3 aromatic carbocycles. The van der Waals surface area contributed by atoms with E-state index >= 15 is 0 Å². The molecule has 0 aromatic heterocycles. The second kappa shape index (κ2) is 16.0. The molecule has 4 atom stereocenters. The Bertz CT molecular complexity index is 1180. The van der Waals surface area contributed by atoms with Crippen LogP contribution in [0.25, 0.3) is 0 Å². The number of ether oxygens (including phenoxy) is 2. The highest BCUT2D eigenvalue weighted by Crippen LogP contribution is 2.37. The monoisotopic (exact) mass is 598 g/mol. The van der Waals surface area contributed by atoms with Gasteiger partial charge in [0.15, 0.2) is 0 Å². The molecule has 1 fully saturated rings. The number of hydrogen-bond donors (Lipinski definition) is 0. The largest absolute Gasteiger partial charge is 0.407 e. The van der Waals surface area contributed by atoms with Gasteiger partial charge in [-0.3, -0.25) is 0 Å². The molecule has 0 radical (unpaired) electrons. The third-order valence-electron chi connectivity index (χ3n) is 8.84. The highest BCUT2D eigenvalue weighted by molar-refractivity contribution is 6.99. The van der Waals surface area contributed by atoms with E-state index in [0.717, 1.165) is 25.7 Å². The molecule has 1 heterocycles. The maximum Gasteiger partial charge on any atom is 0.261 e. The van der Waals surface area contributed by atoms with Gasteiger partial charge in [-0.25, -0.2) is 0 Å². The summed E-state index contributed by atoms with van der Waals surface area (Å²) in [5, 5.41) is 2.63. The highest BCUT2D eigenvalue weighted by atomic mass is 28.4. The first-order valence-corrected chi connectivity index (χ1v) is 18.3. The summed E-state index contributed by atoms with van der Waals surface area (Å²) in [6.07, 6.45) is 10.1. The molecule has 0 N–H and O–H groups in total. The fraction of sp³-hybridized carbons (Fsp3) is 0.487. The Labute approximate surface area is 262 Å². The zero-order chi connectivity index (χ0) is 30.7. The average molecular weight is 599 g/mol. The van der Waals surface area contributed by atoms with Crippen LogP contribution in [0.1, 0.15) is 79.2 Å². The minimum atomic E-state index is -2.55.